The lowest BCUT2D eigenvalue weighted by Gasteiger charge is -2.28. The van der Waals surface area contributed by atoms with Crippen LogP contribution in [0.3, 0.4) is 0 Å². The molecular formula is C14H20N2O2. The van der Waals surface area contributed by atoms with Crippen molar-refractivity contribution >= 4 is 11.6 Å². The fourth-order valence-electron chi connectivity index (χ4n) is 2.28. The first kappa shape index (κ1) is 12.9. The maximum atomic E-state index is 12.2. The van der Waals surface area contributed by atoms with Gasteiger partial charge < -0.3 is 15.8 Å². The molecule has 0 saturated carbocycles. The lowest BCUT2D eigenvalue weighted by atomic mass is 10.0. The van der Waals surface area contributed by atoms with E-state index in [0.29, 0.717) is 17.9 Å². The van der Waals surface area contributed by atoms with Crippen molar-refractivity contribution in [3.63, 3.8) is 0 Å². The normalized spacial score (nSPS) is 23.7. The van der Waals surface area contributed by atoms with Crippen LogP contribution in [-0.2, 0) is 4.74 Å². The highest BCUT2D eigenvalue weighted by Crippen LogP contribution is 2.16. The molecule has 18 heavy (non-hydrogen) atoms. The molecule has 0 aromatic heterocycles. The first-order valence-electron chi connectivity index (χ1n) is 6.35. The predicted molar refractivity (Wildman–Crippen MR) is 71.5 cm³/mol. The number of hydrogen-bond donors (Lipinski definition) is 2. The molecule has 2 unspecified atom stereocenters. The van der Waals surface area contributed by atoms with Crippen LogP contribution in [0, 0.1) is 6.92 Å². The van der Waals surface area contributed by atoms with E-state index >= 15 is 0 Å². The standard InChI is InChI=1S/C14H20N2O2/c1-9-3-4-11(15)8-13(9)14(17)16-12-5-6-18-10(2)7-12/h3-4,8,10,12H,5-7,15H2,1-2H3,(H,16,17). The highest BCUT2D eigenvalue weighted by molar-refractivity contribution is 5.96. The van der Waals surface area contributed by atoms with Crippen LogP contribution in [0.15, 0.2) is 18.2 Å². The monoisotopic (exact) mass is 248 g/mol. The third kappa shape index (κ3) is 3.01. The summed E-state index contributed by atoms with van der Waals surface area (Å²) in [4.78, 5) is 12.2. The van der Waals surface area contributed by atoms with Crippen molar-refractivity contribution in [1.82, 2.24) is 5.32 Å². The molecule has 0 bridgehead atoms. The molecule has 1 heterocycles. The number of nitrogens with two attached hydrogens (primary N) is 1. The van der Waals surface area contributed by atoms with Gasteiger partial charge in [0.05, 0.1) is 6.10 Å². The second-order valence-electron chi connectivity index (χ2n) is 4.95. The minimum atomic E-state index is -0.0427. The third-order valence-corrected chi connectivity index (χ3v) is 3.33. The molecule has 1 aliphatic heterocycles. The van der Waals surface area contributed by atoms with Crippen molar-refractivity contribution in [3.8, 4) is 0 Å². The molecule has 0 aliphatic carbocycles. The van der Waals surface area contributed by atoms with E-state index in [9.17, 15) is 4.79 Å². The van der Waals surface area contributed by atoms with Gasteiger partial charge in [0.2, 0.25) is 0 Å². The van der Waals surface area contributed by atoms with E-state index in [1.54, 1.807) is 6.07 Å². The fraction of sp³-hybridized carbons (Fsp3) is 0.500. The van der Waals surface area contributed by atoms with Gasteiger partial charge in [-0.15, -0.1) is 0 Å². The number of anilines is 1. The van der Waals surface area contributed by atoms with Crippen LogP contribution >= 0.6 is 0 Å². The molecule has 2 atom stereocenters. The van der Waals surface area contributed by atoms with Crippen LogP contribution in [-0.4, -0.2) is 24.7 Å². The number of nitrogens with one attached hydrogen (secondary N) is 1. The zero-order valence-corrected chi connectivity index (χ0v) is 10.9. The molecule has 1 aliphatic rings. The average molecular weight is 248 g/mol. The highest BCUT2D eigenvalue weighted by atomic mass is 16.5. The molecule has 4 heteroatoms. The van der Waals surface area contributed by atoms with Gasteiger partial charge in [-0.3, -0.25) is 4.79 Å². The van der Waals surface area contributed by atoms with Gasteiger partial charge in [0, 0.05) is 23.9 Å². The number of aryl methyl sites for hydroxylation is 1. The molecule has 3 N–H and O–H groups in total. The Kier molecular flexibility index (Phi) is 3.87. The van der Waals surface area contributed by atoms with E-state index in [4.69, 9.17) is 10.5 Å². The molecule has 1 aromatic carbocycles. The van der Waals surface area contributed by atoms with Crippen LogP contribution < -0.4 is 11.1 Å². The Bertz CT molecular complexity index is 445. The molecule has 2 rings (SSSR count). The maximum absolute atomic E-state index is 12.2. The van der Waals surface area contributed by atoms with Gasteiger partial charge in [-0.2, -0.15) is 0 Å². The summed E-state index contributed by atoms with van der Waals surface area (Å²) in [5.41, 5.74) is 7.94. The Labute approximate surface area is 108 Å². The minimum absolute atomic E-state index is 0.0427. The molecule has 1 aromatic rings. The van der Waals surface area contributed by atoms with Gasteiger partial charge in [-0.05, 0) is 44.4 Å². The molecule has 98 valence electrons. The van der Waals surface area contributed by atoms with Crippen molar-refractivity contribution in [2.75, 3.05) is 12.3 Å². The second-order valence-corrected chi connectivity index (χ2v) is 4.95. The zero-order chi connectivity index (χ0) is 13.1. The van der Waals surface area contributed by atoms with E-state index in [1.807, 2.05) is 26.0 Å². The van der Waals surface area contributed by atoms with Gasteiger partial charge in [-0.25, -0.2) is 0 Å². The van der Waals surface area contributed by atoms with Crippen LogP contribution in [0.2, 0.25) is 0 Å². The number of rotatable bonds is 2. The van der Waals surface area contributed by atoms with Crippen molar-refractivity contribution in [3.05, 3.63) is 29.3 Å². The number of hydrogen-bond acceptors (Lipinski definition) is 3. The van der Waals surface area contributed by atoms with Gasteiger partial charge in [0.15, 0.2) is 0 Å². The SMILES string of the molecule is Cc1ccc(N)cc1C(=O)NC1CCOC(C)C1. The van der Waals surface area contributed by atoms with Crippen LogP contribution in [0.4, 0.5) is 5.69 Å². The Balaban J connectivity index is 2.05. The summed E-state index contributed by atoms with van der Waals surface area (Å²) in [5, 5.41) is 3.06. The molecule has 0 spiro atoms. The van der Waals surface area contributed by atoms with Crippen molar-refractivity contribution in [2.24, 2.45) is 0 Å². The Morgan fingerprint density at radius 3 is 3.00 bits per heavy atom. The van der Waals surface area contributed by atoms with Gasteiger partial charge >= 0.3 is 0 Å². The molecule has 0 radical (unpaired) electrons. The summed E-state index contributed by atoms with van der Waals surface area (Å²) in [6.07, 6.45) is 1.95. The summed E-state index contributed by atoms with van der Waals surface area (Å²) < 4.78 is 5.47. The largest absolute Gasteiger partial charge is 0.399 e. The number of nitrogen functional groups attached to an aromatic ring is 1. The summed E-state index contributed by atoms with van der Waals surface area (Å²) in [6, 6.07) is 5.61. The quantitative estimate of drug-likeness (QED) is 0.785. The smallest absolute Gasteiger partial charge is 0.251 e. The maximum Gasteiger partial charge on any atom is 0.251 e. The molecule has 1 amide bonds. The topological polar surface area (TPSA) is 64.4 Å². The van der Waals surface area contributed by atoms with Gasteiger partial charge in [0.25, 0.3) is 5.91 Å². The highest BCUT2D eigenvalue weighted by Gasteiger charge is 2.21. The number of benzene rings is 1. The Hall–Kier alpha value is -1.55. The number of carbonyl (C=O) groups excluding carboxylic acids is 1. The van der Waals surface area contributed by atoms with Crippen LogP contribution in [0.25, 0.3) is 0 Å². The molecule has 1 fully saturated rings. The summed E-state index contributed by atoms with van der Waals surface area (Å²) in [5.74, 6) is -0.0427. The zero-order valence-electron chi connectivity index (χ0n) is 10.9. The lowest BCUT2D eigenvalue weighted by molar-refractivity contribution is 0.0136. The Morgan fingerprint density at radius 2 is 2.28 bits per heavy atom. The summed E-state index contributed by atoms with van der Waals surface area (Å²) in [6.45, 7) is 4.66. The minimum Gasteiger partial charge on any atom is -0.399 e. The number of carbonyl (C=O) groups is 1. The number of ether oxygens (including phenoxy) is 1. The van der Waals surface area contributed by atoms with E-state index in [2.05, 4.69) is 5.32 Å². The van der Waals surface area contributed by atoms with Crippen molar-refractivity contribution < 1.29 is 9.53 Å². The van der Waals surface area contributed by atoms with Gasteiger partial charge in [-0.1, -0.05) is 6.07 Å². The molecular weight excluding hydrogens is 228 g/mol. The first-order valence-corrected chi connectivity index (χ1v) is 6.35. The van der Waals surface area contributed by atoms with E-state index in [-0.39, 0.29) is 18.1 Å². The first-order chi connectivity index (χ1) is 8.56. The van der Waals surface area contributed by atoms with Crippen LogP contribution in [0.5, 0.6) is 0 Å². The predicted octanol–water partition coefficient (Wildman–Crippen LogP) is 1.87. The average Bonchev–Trinajstić information content (AvgIpc) is 2.32. The van der Waals surface area contributed by atoms with E-state index < -0.39 is 0 Å². The van der Waals surface area contributed by atoms with E-state index in [1.165, 1.54) is 0 Å². The van der Waals surface area contributed by atoms with Crippen molar-refractivity contribution in [1.29, 1.82) is 0 Å². The van der Waals surface area contributed by atoms with Crippen molar-refractivity contribution in [2.45, 2.75) is 38.8 Å². The number of amides is 1. The third-order valence-electron chi connectivity index (χ3n) is 3.33. The Morgan fingerprint density at radius 1 is 1.50 bits per heavy atom. The van der Waals surface area contributed by atoms with Gasteiger partial charge in [0.1, 0.15) is 0 Å². The van der Waals surface area contributed by atoms with Crippen LogP contribution in [0.1, 0.15) is 35.7 Å². The molecule has 1 saturated heterocycles. The summed E-state index contributed by atoms with van der Waals surface area (Å²) >= 11 is 0. The molecule has 4 nitrogen and oxygen atoms in total. The van der Waals surface area contributed by atoms with E-state index in [0.717, 1.165) is 18.4 Å². The second kappa shape index (κ2) is 5.40. The lowest BCUT2D eigenvalue weighted by Crippen LogP contribution is -2.41. The summed E-state index contributed by atoms with van der Waals surface area (Å²) in [7, 11) is 0. The fourth-order valence-corrected chi connectivity index (χ4v) is 2.28.